The quantitative estimate of drug-likeness (QED) is 0.630. The first-order valence-electron chi connectivity index (χ1n) is 10.0. The van der Waals surface area contributed by atoms with E-state index in [0.717, 1.165) is 40.6 Å². The van der Waals surface area contributed by atoms with Gasteiger partial charge in [-0.1, -0.05) is 37.3 Å². The first kappa shape index (κ1) is 20.1. The first-order chi connectivity index (χ1) is 15.1. The Morgan fingerprint density at radius 2 is 1.90 bits per heavy atom. The minimum Gasteiger partial charge on any atom is -0.480 e. The maximum atomic E-state index is 9.75. The summed E-state index contributed by atoms with van der Waals surface area (Å²) in [6.45, 7) is 2.13. The van der Waals surface area contributed by atoms with Crippen LogP contribution < -0.4 is 10.1 Å². The van der Waals surface area contributed by atoms with Crippen LogP contribution in [0.4, 0.5) is 5.69 Å². The monoisotopic (exact) mass is 407 g/mol. The van der Waals surface area contributed by atoms with Gasteiger partial charge in [0, 0.05) is 23.3 Å². The zero-order valence-corrected chi connectivity index (χ0v) is 17.4. The molecule has 152 valence electrons. The predicted octanol–water partition coefficient (Wildman–Crippen LogP) is 5.13. The molecular weight excluding hydrogens is 386 g/mol. The number of nitrogens with zero attached hydrogens (tertiary/aromatic N) is 4. The topological polar surface area (TPSA) is 94.6 Å². The van der Waals surface area contributed by atoms with Crippen LogP contribution in [0.2, 0.25) is 0 Å². The summed E-state index contributed by atoms with van der Waals surface area (Å²) in [6, 6.07) is 12.0. The molecule has 1 aromatic carbocycles. The number of pyridine rings is 2. The summed E-state index contributed by atoms with van der Waals surface area (Å²) < 4.78 is 5.15. The molecule has 31 heavy (non-hydrogen) atoms. The molecule has 0 bridgehead atoms. The van der Waals surface area contributed by atoms with E-state index in [1.165, 1.54) is 7.11 Å². The van der Waals surface area contributed by atoms with Crippen LogP contribution in [-0.2, 0) is 0 Å². The SMILES string of the molecule is CCC1(Nc2c(C#N)cnc3ccc(-c4cnc(OC)c(C#N)c4)cc23)C=CC=CC1. The fourth-order valence-corrected chi connectivity index (χ4v) is 3.80. The number of rotatable bonds is 5. The number of benzene rings is 1. The van der Waals surface area contributed by atoms with Gasteiger partial charge in [-0.25, -0.2) is 4.98 Å². The summed E-state index contributed by atoms with van der Waals surface area (Å²) in [5.41, 5.74) is 3.81. The highest BCUT2D eigenvalue weighted by Crippen LogP contribution is 2.35. The van der Waals surface area contributed by atoms with Gasteiger partial charge in [-0.15, -0.1) is 0 Å². The van der Waals surface area contributed by atoms with Crippen molar-refractivity contribution in [2.75, 3.05) is 12.4 Å². The molecule has 0 radical (unpaired) electrons. The van der Waals surface area contributed by atoms with Crippen LogP contribution in [-0.4, -0.2) is 22.6 Å². The number of nitrogens with one attached hydrogen (secondary N) is 1. The number of allylic oxidation sites excluding steroid dienone is 2. The highest BCUT2D eigenvalue weighted by atomic mass is 16.5. The average molecular weight is 407 g/mol. The third kappa shape index (κ3) is 3.72. The van der Waals surface area contributed by atoms with E-state index in [9.17, 15) is 10.5 Å². The smallest absolute Gasteiger partial charge is 0.231 e. The lowest BCUT2D eigenvalue weighted by Gasteiger charge is -2.33. The van der Waals surface area contributed by atoms with Crippen molar-refractivity contribution in [1.82, 2.24) is 9.97 Å². The number of hydrogen-bond acceptors (Lipinski definition) is 6. The van der Waals surface area contributed by atoms with Crippen molar-refractivity contribution in [2.45, 2.75) is 25.3 Å². The van der Waals surface area contributed by atoms with Crippen molar-refractivity contribution >= 4 is 16.6 Å². The first-order valence-corrected chi connectivity index (χ1v) is 10.0. The van der Waals surface area contributed by atoms with Crippen molar-refractivity contribution < 1.29 is 4.74 Å². The van der Waals surface area contributed by atoms with Crippen LogP contribution in [0.25, 0.3) is 22.0 Å². The molecule has 0 aliphatic heterocycles. The molecule has 1 atom stereocenters. The fourth-order valence-electron chi connectivity index (χ4n) is 3.80. The minimum absolute atomic E-state index is 0.264. The van der Waals surface area contributed by atoms with E-state index in [4.69, 9.17) is 4.74 Å². The van der Waals surface area contributed by atoms with Gasteiger partial charge in [-0.2, -0.15) is 10.5 Å². The maximum absolute atomic E-state index is 9.75. The summed E-state index contributed by atoms with van der Waals surface area (Å²) in [7, 11) is 1.49. The number of methoxy groups -OCH3 is 1. The number of nitriles is 2. The molecular formula is C25H21N5O. The second kappa shape index (κ2) is 8.30. The third-order valence-electron chi connectivity index (χ3n) is 5.64. The summed E-state index contributed by atoms with van der Waals surface area (Å²) in [6.07, 6.45) is 13.3. The Labute approximate surface area is 181 Å². The standard InChI is InChI=1S/C25H21N5O/c1-3-25(9-5-4-6-10-25)30-23-20(14-27)16-28-22-8-7-17(12-21(22)23)19-11-18(13-26)24(31-2)29-15-19/h4-9,11-12,15-16H,3,10H2,1-2H3,(H,28,30). The van der Waals surface area contributed by atoms with Crippen molar-refractivity contribution in [3.8, 4) is 29.1 Å². The Morgan fingerprint density at radius 1 is 1.06 bits per heavy atom. The van der Waals surface area contributed by atoms with Crippen LogP contribution in [0.5, 0.6) is 5.88 Å². The molecule has 1 N–H and O–H groups in total. The van der Waals surface area contributed by atoms with Crippen molar-refractivity contribution in [2.24, 2.45) is 0 Å². The Bertz CT molecular complexity index is 1300. The van der Waals surface area contributed by atoms with Gasteiger partial charge in [-0.05, 0) is 36.6 Å². The molecule has 0 spiro atoms. The second-order valence-corrected chi connectivity index (χ2v) is 7.41. The molecule has 1 unspecified atom stereocenters. The van der Waals surface area contributed by atoms with E-state index >= 15 is 0 Å². The molecule has 0 saturated carbocycles. The van der Waals surface area contributed by atoms with Gasteiger partial charge in [0.05, 0.1) is 29.4 Å². The van der Waals surface area contributed by atoms with E-state index < -0.39 is 0 Å². The molecule has 1 aliphatic rings. The number of fused-ring (bicyclic) bond motifs is 1. The van der Waals surface area contributed by atoms with Gasteiger partial charge < -0.3 is 10.1 Å². The molecule has 1 aliphatic carbocycles. The number of ether oxygens (including phenoxy) is 1. The zero-order valence-electron chi connectivity index (χ0n) is 17.4. The van der Waals surface area contributed by atoms with E-state index in [0.29, 0.717) is 17.0 Å². The minimum atomic E-state index is -0.264. The molecule has 3 aromatic rings. The highest BCUT2D eigenvalue weighted by Gasteiger charge is 2.27. The van der Waals surface area contributed by atoms with Gasteiger partial charge in [0.15, 0.2) is 0 Å². The lowest BCUT2D eigenvalue weighted by atomic mass is 9.87. The van der Waals surface area contributed by atoms with E-state index in [1.807, 2.05) is 30.4 Å². The highest BCUT2D eigenvalue weighted by molar-refractivity contribution is 5.97. The van der Waals surface area contributed by atoms with Gasteiger partial charge in [0.25, 0.3) is 0 Å². The Morgan fingerprint density at radius 3 is 2.58 bits per heavy atom. The van der Waals surface area contributed by atoms with Crippen molar-refractivity contribution in [3.63, 3.8) is 0 Å². The Hall–Kier alpha value is -4.16. The molecule has 6 nitrogen and oxygen atoms in total. The normalized spacial score (nSPS) is 17.2. The lowest BCUT2D eigenvalue weighted by molar-refractivity contribution is 0.396. The summed E-state index contributed by atoms with van der Waals surface area (Å²) >= 11 is 0. The van der Waals surface area contributed by atoms with Crippen LogP contribution in [0.3, 0.4) is 0 Å². The average Bonchev–Trinajstić information content (AvgIpc) is 2.84. The third-order valence-corrected chi connectivity index (χ3v) is 5.64. The number of aromatic nitrogens is 2. The maximum Gasteiger partial charge on any atom is 0.231 e. The summed E-state index contributed by atoms with van der Waals surface area (Å²) in [5.74, 6) is 0.296. The zero-order chi connectivity index (χ0) is 21.8. The van der Waals surface area contributed by atoms with Crippen LogP contribution >= 0.6 is 0 Å². The molecule has 4 rings (SSSR count). The van der Waals surface area contributed by atoms with Crippen LogP contribution in [0, 0.1) is 22.7 Å². The van der Waals surface area contributed by atoms with E-state index in [1.54, 1.807) is 18.5 Å². The van der Waals surface area contributed by atoms with Crippen LogP contribution in [0.1, 0.15) is 30.9 Å². The summed E-state index contributed by atoms with van der Waals surface area (Å²) in [5, 5.41) is 23.6. The fraction of sp³-hybridized carbons (Fsp3) is 0.200. The largest absolute Gasteiger partial charge is 0.480 e. The Balaban J connectivity index is 1.87. The molecule has 2 heterocycles. The second-order valence-electron chi connectivity index (χ2n) is 7.41. The van der Waals surface area contributed by atoms with E-state index in [2.05, 4.69) is 46.5 Å². The lowest BCUT2D eigenvalue weighted by Crippen LogP contribution is -2.36. The van der Waals surface area contributed by atoms with Gasteiger partial charge in [0.1, 0.15) is 17.7 Å². The van der Waals surface area contributed by atoms with Gasteiger partial charge in [0.2, 0.25) is 5.88 Å². The van der Waals surface area contributed by atoms with E-state index in [-0.39, 0.29) is 5.54 Å². The van der Waals surface area contributed by atoms with Crippen molar-refractivity contribution in [1.29, 1.82) is 10.5 Å². The molecule has 0 amide bonds. The molecule has 6 heteroatoms. The molecule has 0 saturated heterocycles. The predicted molar refractivity (Wildman–Crippen MR) is 120 cm³/mol. The molecule has 2 aromatic heterocycles. The van der Waals surface area contributed by atoms with Crippen molar-refractivity contribution in [3.05, 3.63) is 72.1 Å². The number of hydrogen-bond donors (Lipinski definition) is 1. The van der Waals surface area contributed by atoms with Crippen LogP contribution in [0.15, 0.2) is 61.0 Å². The Kier molecular flexibility index (Phi) is 5.39. The number of anilines is 1. The van der Waals surface area contributed by atoms with Gasteiger partial charge in [-0.3, -0.25) is 4.98 Å². The van der Waals surface area contributed by atoms with Gasteiger partial charge >= 0.3 is 0 Å². The molecule has 0 fully saturated rings. The summed E-state index contributed by atoms with van der Waals surface area (Å²) in [4.78, 5) is 8.72.